The summed E-state index contributed by atoms with van der Waals surface area (Å²) in [6.07, 6.45) is 6.38. The first kappa shape index (κ1) is 10.0. The molecule has 0 radical (unpaired) electrons. The van der Waals surface area contributed by atoms with Crippen LogP contribution >= 0.6 is 0 Å². The van der Waals surface area contributed by atoms with Crippen molar-refractivity contribution in [2.75, 3.05) is 13.2 Å². The molecule has 1 aliphatic carbocycles. The molecule has 5 heteroatoms. The third-order valence-corrected chi connectivity index (χ3v) is 2.71. The highest BCUT2D eigenvalue weighted by Gasteiger charge is 2.42. The van der Waals surface area contributed by atoms with Gasteiger partial charge in [0.05, 0.1) is 12.8 Å². The average molecular weight is 207 g/mol. The van der Waals surface area contributed by atoms with Gasteiger partial charge in [0, 0.05) is 24.4 Å². The highest BCUT2D eigenvalue weighted by Crippen LogP contribution is 2.44. The molecule has 0 spiro atoms. The van der Waals surface area contributed by atoms with E-state index in [4.69, 9.17) is 5.11 Å². The molecule has 1 heterocycles. The van der Waals surface area contributed by atoms with E-state index in [1.807, 2.05) is 0 Å². The predicted octanol–water partition coefficient (Wildman–Crippen LogP) is -0.0211. The maximum atomic E-state index is 11.5. The Bertz CT molecular complexity index is 349. The second kappa shape index (κ2) is 3.94. The summed E-state index contributed by atoms with van der Waals surface area (Å²) >= 11 is 0. The van der Waals surface area contributed by atoms with Crippen molar-refractivity contribution in [3.8, 4) is 0 Å². The number of carbonyl (C=O) groups excluding carboxylic acids is 1. The zero-order valence-electron chi connectivity index (χ0n) is 8.31. The van der Waals surface area contributed by atoms with E-state index in [1.165, 1.54) is 18.6 Å². The fourth-order valence-electron chi connectivity index (χ4n) is 1.34. The van der Waals surface area contributed by atoms with Gasteiger partial charge in [-0.2, -0.15) is 0 Å². The Hall–Kier alpha value is -1.49. The van der Waals surface area contributed by atoms with Crippen molar-refractivity contribution in [2.24, 2.45) is 5.41 Å². The summed E-state index contributed by atoms with van der Waals surface area (Å²) in [6.45, 7) is 0.645. The molecule has 1 aromatic rings. The zero-order valence-corrected chi connectivity index (χ0v) is 8.31. The van der Waals surface area contributed by atoms with Gasteiger partial charge in [-0.25, -0.2) is 4.98 Å². The molecule has 80 valence electrons. The highest BCUT2D eigenvalue weighted by atomic mass is 16.3. The number of aliphatic hydroxyl groups is 1. The molecule has 1 saturated carbocycles. The topological polar surface area (TPSA) is 75.1 Å². The first-order valence-corrected chi connectivity index (χ1v) is 4.91. The summed E-state index contributed by atoms with van der Waals surface area (Å²) in [7, 11) is 0. The van der Waals surface area contributed by atoms with Gasteiger partial charge in [0.25, 0.3) is 5.91 Å². The van der Waals surface area contributed by atoms with Gasteiger partial charge in [-0.3, -0.25) is 9.78 Å². The van der Waals surface area contributed by atoms with E-state index >= 15 is 0 Å². The van der Waals surface area contributed by atoms with E-state index < -0.39 is 0 Å². The van der Waals surface area contributed by atoms with E-state index in [-0.39, 0.29) is 17.9 Å². The minimum Gasteiger partial charge on any atom is -0.396 e. The lowest BCUT2D eigenvalue weighted by Gasteiger charge is -2.11. The molecule has 1 aromatic heterocycles. The Labute approximate surface area is 87.6 Å². The number of amides is 1. The van der Waals surface area contributed by atoms with Crippen molar-refractivity contribution in [2.45, 2.75) is 12.8 Å². The minimum atomic E-state index is -0.233. The lowest BCUT2D eigenvalue weighted by molar-refractivity contribution is 0.0930. The van der Waals surface area contributed by atoms with Gasteiger partial charge < -0.3 is 10.4 Å². The first-order chi connectivity index (χ1) is 7.26. The molecular weight excluding hydrogens is 194 g/mol. The monoisotopic (exact) mass is 207 g/mol. The zero-order chi connectivity index (χ0) is 10.7. The smallest absolute Gasteiger partial charge is 0.271 e. The van der Waals surface area contributed by atoms with Gasteiger partial charge in [0.15, 0.2) is 0 Å². The summed E-state index contributed by atoms with van der Waals surface area (Å²) in [5, 5.41) is 11.8. The van der Waals surface area contributed by atoms with Gasteiger partial charge in [-0.1, -0.05) is 0 Å². The lowest BCUT2D eigenvalue weighted by Crippen LogP contribution is -2.32. The summed E-state index contributed by atoms with van der Waals surface area (Å²) in [6, 6.07) is 0. The Morgan fingerprint density at radius 2 is 2.33 bits per heavy atom. The van der Waals surface area contributed by atoms with Crippen molar-refractivity contribution in [3.05, 3.63) is 24.3 Å². The molecular formula is C10H13N3O2. The lowest BCUT2D eigenvalue weighted by atomic mass is 10.1. The van der Waals surface area contributed by atoms with Crippen LogP contribution in [0.2, 0.25) is 0 Å². The van der Waals surface area contributed by atoms with Crippen LogP contribution < -0.4 is 5.32 Å². The van der Waals surface area contributed by atoms with Crippen molar-refractivity contribution < 1.29 is 9.90 Å². The first-order valence-electron chi connectivity index (χ1n) is 4.91. The fourth-order valence-corrected chi connectivity index (χ4v) is 1.34. The van der Waals surface area contributed by atoms with Gasteiger partial charge in [-0.05, 0) is 12.8 Å². The Kier molecular flexibility index (Phi) is 2.64. The van der Waals surface area contributed by atoms with Crippen LogP contribution in [0.3, 0.4) is 0 Å². The molecule has 1 fully saturated rings. The number of aromatic nitrogens is 2. The van der Waals surface area contributed by atoms with Gasteiger partial charge in [0.1, 0.15) is 5.69 Å². The quantitative estimate of drug-likeness (QED) is 0.727. The standard InChI is InChI=1S/C10H13N3O2/c14-7-10(1-2-10)6-13-9(15)8-5-11-3-4-12-8/h3-5,14H,1-2,6-7H2,(H,13,15). The number of nitrogens with one attached hydrogen (secondary N) is 1. The minimum absolute atomic E-state index is 0.0716. The van der Waals surface area contributed by atoms with Crippen molar-refractivity contribution in [1.82, 2.24) is 15.3 Å². The summed E-state index contributed by atoms with van der Waals surface area (Å²) in [5.41, 5.74) is 0.240. The molecule has 0 saturated heterocycles. The molecule has 0 bridgehead atoms. The number of nitrogens with zero attached hydrogens (tertiary/aromatic N) is 2. The van der Waals surface area contributed by atoms with Crippen LogP contribution in [0.1, 0.15) is 23.3 Å². The van der Waals surface area contributed by atoms with Crippen LogP contribution in [0.4, 0.5) is 0 Å². The van der Waals surface area contributed by atoms with E-state index in [0.29, 0.717) is 12.2 Å². The molecule has 1 aliphatic rings. The van der Waals surface area contributed by atoms with Crippen molar-refractivity contribution in [3.63, 3.8) is 0 Å². The summed E-state index contributed by atoms with van der Waals surface area (Å²) < 4.78 is 0. The molecule has 0 aliphatic heterocycles. The van der Waals surface area contributed by atoms with Gasteiger partial charge in [0.2, 0.25) is 0 Å². The molecule has 2 rings (SSSR count). The summed E-state index contributed by atoms with van der Waals surface area (Å²) in [4.78, 5) is 19.2. The Morgan fingerprint density at radius 3 is 2.87 bits per heavy atom. The number of hydrogen-bond donors (Lipinski definition) is 2. The maximum Gasteiger partial charge on any atom is 0.271 e. The molecule has 0 aromatic carbocycles. The fraction of sp³-hybridized carbons (Fsp3) is 0.500. The number of hydrogen-bond acceptors (Lipinski definition) is 4. The average Bonchev–Trinajstić information content (AvgIpc) is 3.08. The largest absolute Gasteiger partial charge is 0.396 e. The maximum absolute atomic E-state index is 11.5. The third-order valence-electron chi connectivity index (χ3n) is 2.71. The highest BCUT2D eigenvalue weighted by molar-refractivity contribution is 5.91. The normalized spacial score (nSPS) is 17.1. The van der Waals surface area contributed by atoms with E-state index in [0.717, 1.165) is 12.8 Å². The van der Waals surface area contributed by atoms with Gasteiger partial charge >= 0.3 is 0 Å². The molecule has 1 amide bonds. The van der Waals surface area contributed by atoms with Gasteiger partial charge in [-0.15, -0.1) is 0 Å². The molecule has 15 heavy (non-hydrogen) atoms. The van der Waals surface area contributed by atoms with Crippen LogP contribution in [0.5, 0.6) is 0 Å². The molecule has 2 N–H and O–H groups in total. The molecule has 0 unspecified atom stereocenters. The molecule has 5 nitrogen and oxygen atoms in total. The number of rotatable bonds is 4. The second-order valence-electron chi connectivity index (χ2n) is 3.93. The number of carbonyl (C=O) groups is 1. The van der Waals surface area contributed by atoms with E-state index in [1.54, 1.807) is 0 Å². The second-order valence-corrected chi connectivity index (χ2v) is 3.93. The van der Waals surface area contributed by atoms with E-state index in [9.17, 15) is 4.79 Å². The van der Waals surface area contributed by atoms with Crippen LogP contribution in [0, 0.1) is 5.41 Å². The van der Waals surface area contributed by atoms with Crippen LogP contribution in [0.15, 0.2) is 18.6 Å². The SMILES string of the molecule is O=C(NCC1(CO)CC1)c1cnccn1. The molecule has 0 atom stereocenters. The van der Waals surface area contributed by atoms with Crippen molar-refractivity contribution >= 4 is 5.91 Å². The Morgan fingerprint density at radius 1 is 1.53 bits per heavy atom. The third kappa shape index (κ3) is 2.30. The summed E-state index contributed by atoms with van der Waals surface area (Å²) in [5.74, 6) is -0.233. The van der Waals surface area contributed by atoms with Crippen molar-refractivity contribution in [1.29, 1.82) is 0 Å². The predicted molar refractivity (Wildman–Crippen MR) is 53.1 cm³/mol. The Balaban J connectivity index is 1.88. The van der Waals surface area contributed by atoms with Crippen LogP contribution in [-0.2, 0) is 0 Å². The van der Waals surface area contributed by atoms with E-state index in [2.05, 4.69) is 15.3 Å². The number of aliphatic hydroxyl groups excluding tert-OH is 1. The van der Waals surface area contributed by atoms with Crippen LogP contribution in [0.25, 0.3) is 0 Å². The van der Waals surface area contributed by atoms with Crippen LogP contribution in [-0.4, -0.2) is 34.1 Å².